The lowest BCUT2D eigenvalue weighted by Gasteiger charge is -2.17. The lowest BCUT2D eigenvalue weighted by atomic mass is 9.98. The topological polar surface area (TPSA) is 118 Å². The molecule has 3 N–H and O–H groups in total. The maximum atomic E-state index is 12.4. The Kier molecular flexibility index (Phi) is 8.80. The predicted octanol–water partition coefficient (Wildman–Crippen LogP) is 3.89. The zero-order chi connectivity index (χ0) is 23.9. The first-order chi connectivity index (χ1) is 16.5. The number of rotatable bonds is 9. The molecule has 3 aromatic rings. The highest BCUT2D eigenvalue weighted by molar-refractivity contribution is 5.85. The fourth-order valence-electron chi connectivity index (χ4n) is 4.10. The highest BCUT2D eigenvalue weighted by Crippen LogP contribution is 2.44. The molecule has 1 aromatic heterocycles. The summed E-state index contributed by atoms with van der Waals surface area (Å²) in [5.41, 5.74) is 5.23. The summed E-state index contributed by atoms with van der Waals surface area (Å²) in [6, 6.07) is 18.2. The summed E-state index contributed by atoms with van der Waals surface area (Å²) in [4.78, 5) is 40.0. The van der Waals surface area contributed by atoms with Crippen LogP contribution in [0.15, 0.2) is 73.1 Å². The van der Waals surface area contributed by atoms with Crippen molar-refractivity contribution in [3.8, 4) is 11.1 Å². The predicted molar refractivity (Wildman–Crippen MR) is 132 cm³/mol. The van der Waals surface area contributed by atoms with Gasteiger partial charge >= 0.3 is 12.1 Å². The Morgan fingerprint density at radius 2 is 1.54 bits per heavy atom. The van der Waals surface area contributed by atoms with Crippen LogP contribution in [0.5, 0.6) is 0 Å². The molecule has 2 aromatic carbocycles. The number of aromatic nitrogens is 1. The van der Waals surface area contributed by atoms with Gasteiger partial charge in [0.25, 0.3) is 0 Å². The van der Waals surface area contributed by atoms with Crippen molar-refractivity contribution in [3.63, 3.8) is 0 Å². The molecule has 182 valence electrons. The number of hydrogen-bond donors (Lipinski definition) is 3. The van der Waals surface area contributed by atoms with Crippen LogP contribution in [0.25, 0.3) is 11.1 Å². The van der Waals surface area contributed by atoms with Crippen molar-refractivity contribution in [1.82, 2.24) is 15.6 Å². The number of pyridine rings is 1. The summed E-state index contributed by atoms with van der Waals surface area (Å²) in [5.74, 6) is -1.66. The number of alkyl carbamates (subject to hydrolysis) is 1. The van der Waals surface area contributed by atoms with Crippen molar-refractivity contribution in [1.29, 1.82) is 0 Å². The Hall–Kier alpha value is -3.91. The molecular formula is C26H26ClN3O5. The van der Waals surface area contributed by atoms with Gasteiger partial charge in [0.05, 0.1) is 0 Å². The van der Waals surface area contributed by atoms with E-state index in [1.807, 2.05) is 48.5 Å². The summed E-state index contributed by atoms with van der Waals surface area (Å²) in [6.45, 7) is 0.400. The zero-order valence-electron chi connectivity index (χ0n) is 18.8. The minimum Gasteiger partial charge on any atom is -0.480 e. The third-order valence-corrected chi connectivity index (χ3v) is 5.83. The van der Waals surface area contributed by atoms with Gasteiger partial charge in [0.1, 0.15) is 12.6 Å². The molecule has 1 heterocycles. The van der Waals surface area contributed by atoms with Crippen LogP contribution in [0.2, 0.25) is 0 Å². The molecule has 1 atom stereocenters. The minimum atomic E-state index is -1.23. The molecule has 9 heteroatoms. The lowest BCUT2D eigenvalue weighted by Crippen LogP contribution is -2.42. The minimum absolute atomic E-state index is 0. The lowest BCUT2D eigenvalue weighted by molar-refractivity contribution is -0.139. The SMILES string of the molecule is Cl.O=C(CC[C@H](NC(=O)OCC1c2ccccc2-c2ccccc21)C(=O)O)NCc1ccncc1. The largest absolute Gasteiger partial charge is 0.480 e. The number of hydrogen-bond acceptors (Lipinski definition) is 5. The number of carboxylic acids is 1. The Morgan fingerprint density at radius 1 is 0.943 bits per heavy atom. The number of nitrogens with one attached hydrogen (secondary N) is 2. The number of fused-ring (bicyclic) bond motifs is 3. The van der Waals surface area contributed by atoms with Gasteiger partial charge in [-0.05, 0) is 46.4 Å². The standard InChI is InChI=1S/C26H25N3O5.ClH/c30-24(28-15-17-11-13-27-14-12-17)10-9-23(25(31)32)29-26(33)34-16-22-20-7-3-1-5-18(20)19-6-2-4-8-21(19)22;/h1-8,11-14,22-23H,9-10,15-16H2,(H,28,30)(H,29,33)(H,31,32);1H/t23-;/m0./s1. The van der Waals surface area contributed by atoms with Crippen LogP contribution in [-0.4, -0.2) is 40.7 Å². The summed E-state index contributed by atoms with van der Waals surface area (Å²) in [5, 5.41) is 14.6. The van der Waals surface area contributed by atoms with Crippen LogP contribution in [0.3, 0.4) is 0 Å². The molecule has 0 unspecified atom stereocenters. The fourth-order valence-corrected chi connectivity index (χ4v) is 4.10. The van der Waals surface area contributed by atoms with Crippen LogP contribution in [0.1, 0.15) is 35.4 Å². The van der Waals surface area contributed by atoms with Crippen molar-refractivity contribution in [2.24, 2.45) is 0 Å². The quantitative estimate of drug-likeness (QED) is 0.414. The van der Waals surface area contributed by atoms with E-state index in [0.717, 1.165) is 27.8 Å². The van der Waals surface area contributed by atoms with E-state index in [1.165, 1.54) is 0 Å². The molecule has 1 aliphatic carbocycles. The van der Waals surface area contributed by atoms with Crippen LogP contribution >= 0.6 is 12.4 Å². The van der Waals surface area contributed by atoms with Gasteiger partial charge in [-0.3, -0.25) is 9.78 Å². The van der Waals surface area contributed by atoms with Gasteiger partial charge in [-0.1, -0.05) is 48.5 Å². The van der Waals surface area contributed by atoms with E-state index >= 15 is 0 Å². The molecule has 1 aliphatic rings. The molecule has 0 spiro atoms. The molecule has 0 radical (unpaired) electrons. The zero-order valence-corrected chi connectivity index (χ0v) is 19.7. The number of aliphatic carboxylic acids is 1. The molecule has 0 saturated heterocycles. The first kappa shape index (κ1) is 25.7. The molecule has 0 aliphatic heterocycles. The van der Waals surface area contributed by atoms with Gasteiger partial charge < -0.3 is 20.5 Å². The van der Waals surface area contributed by atoms with E-state index in [1.54, 1.807) is 24.5 Å². The Morgan fingerprint density at radius 3 is 2.14 bits per heavy atom. The number of carbonyl (C=O) groups excluding carboxylic acids is 2. The van der Waals surface area contributed by atoms with E-state index in [-0.39, 0.29) is 43.7 Å². The van der Waals surface area contributed by atoms with Crippen LogP contribution < -0.4 is 10.6 Å². The van der Waals surface area contributed by atoms with Crippen molar-refractivity contribution in [2.75, 3.05) is 6.61 Å². The number of nitrogens with zero attached hydrogens (tertiary/aromatic N) is 1. The normalized spacial score (nSPS) is 12.5. The molecular weight excluding hydrogens is 470 g/mol. The average molecular weight is 496 g/mol. The summed E-state index contributed by atoms with van der Waals surface area (Å²) < 4.78 is 5.41. The first-order valence-corrected chi connectivity index (χ1v) is 11.0. The highest BCUT2D eigenvalue weighted by Gasteiger charge is 2.29. The third-order valence-electron chi connectivity index (χ3n) is 5.83. The maximum absolute atomic E-state index is 12.4. The Balaban J connectivity index is 0.00000342. The summed E-state index contributed by atoms with van der Waals surface area (Å²) in [6.07, 6.45) is 2.32. The van der Waals surface area contributed by atoms with Gasteiger partial charge in [0, 0.05) is 31.3 Å². The average Bonchev–Trinajstić information content (AvgIpc) is 3.18. The molecule has 0 fully saturated rings. The molecule has 0 saturated carbocycles. The van der Waals surface area contributed by atoms with E-state index in [9.17, 15) is 19.5 Å². The van der Waals surface area contributed by atoms with Crippen molar-refractivity contribution in [3.05, 3.63) is 89.7 Å². The molecule has 0 bridgehead atoms. The second-order valence-electron chi connectivity index (χ2n) is 8.03. The van der Waals surface area contributed by atoms with Gasteiger partial charge in [-0.25, -0.2) is 9.59 Å². The first-order valence-electron chi connectivity index (χ1n) is 11.0. The molecule has 8 nitrogen and oxygen atoms in total. The van der Waals surface area contributed by atoms with Crippen LogP contribution in [0, 0.1) is 0 Å². The molecule has 2 amide bonds. The molecule has 35 heavy (non-hydrogen) atoms. The van der Waals surface area contributed by atoms with Crippen LogP contribution in [0.4, 0.5) is 4.79 Å². The van der Waals surface area contributed by atoms with Gasteiger partial charge in [0.2, 0.25) is 5.91 Å². The van der Waals surface area contributed by atoms with E-state index in [0.29, 0.717) is 6.54 Å². The summed E-state index contributed by atoms with van der Waals surface area (Å²) in [7, 11) is 0. The third kappa shape index (κ3) is 6.36. The van der Waals surface area contributed by atoms with E-state index in [2.05, 4.69) is 15.6 Å². The number of carboxylic acid groups (broad SMARTS) is 1. The van der Waals surface area contributed by atoms with Gasteiger partial charge in [0.15, 0.2) is 0 Å². The summed E-state index contributed by atoms with van der Waals surface area (Å²) >= 11 is 0. The van der Waals surface area contributed by atoms with Gasteiger partial charge in [-0.2, -0.15) is 0 Å². The second-order valence-corrected chi connectivity index (χ2v) is 8.03. The Bertz CT molecular complexity index is 1140. The highest BCUT2D eigenvalue weighted by atomic mass is 35.5. The number of halogens is 1. The smallest absolute Gasteiger partial charge is 0.407 e. The fraction of sp³-hybridized carbons (Fsp3) is 0.231. The van der Waals surface area contributed by atoms with E-state index < -0.39 is 18.1 Å². The number of ether oxygens (including phenoxy) is 1. The molecule has 4 rings (SSSR count). The van der Waals surface area contributed by atoms with Crippen molar-refractivity contribution >= 4 is 30.4 Å². The second kappa shape index (κ2) is 12.0. The Labute approximate surface area is 209 Å². The number of carbonyl (C=O) groups is 3. The number of benzene rings is 2. The van der Waals surface area contributed by atoms with Crippen molar-refractivity contribution in [2.45, 2.75) is 31.3 Å². The van der Waals surface area contributed by atoms with E-state index in [4.69, 9.17) is 4.74 Å². The maximum Gasteiger partial charge on any atom is 0.407 e. The van der Waals surface area contributed by atoms with Gasteiger partial charge in [-0.15, -0.1) is 12.4 Å². The van der Waals surface area contributed by atoms with Crippen LogP contribution in [-0.2, 0) is 20.9 Å². The monoisotopic (exact) mass is 495 g/mol. The number of amides is 2. The van der Waals surface area contributed by atoms with Crippen molar-refractivity contribution < 1.29 is 24.2 Å².